The van der Waals surface area contributed by atoms with Crippen molar-refractivity contribution in [3.8, 4) is 0 Å². The number of hydrogen-bond donors (Lipinski definition) is 3. The third-order valence-corrected chi connectivity index (χ3v) is 4.17. The molecule has 0 saturated carbocycles. The number of alkyl halides is 3. The monoisotopic (exact) mass is 414 g/mol. The number of benzene rings is 1. The predicted molar refractivity (Wildman–Crippen MR) is 109 cm³/mol. The molecule has 0 radical (unpaired) electrons. The van der Waals surface area contributed by atoms with Gasteiger partial charge in [0, 0.05) is 11.6 Å². The maximum Gasteiger partial charge on any atom is 0.433 e. The second-order valence-electron chi connectivity index (χ2n) is 6.36. The van der Waals surface area contributed by atoms with E-state index in [9.17, 15) is 18.0 Å². The molecule has 0 aliphatic rings. The summed E-state index contributed by atoms with van der Waals surface area (Å²) in [4.78, 5) is 19.5. The Morgan fingerprint density at radius 1 is 1.30 bits per heavy atom. The number of allylic oxidation sites excluding steroid dienone is 2. The lowest BCUT2D eigenvalue weighted by molar-refractivity contribution is -0.141. The van der Waals surface area contributed by atoms with E-state index in [1.54, 1.807) is 18.2 Å². The topological polar surface area (TPSA) is 109 Å². The van der Waals surface area contributed by atoms with E-state index in [0.717, 1.165) is 29.5 Å². The molecule has 0 unspecified atom stereocenters. The summed E-state index contributed by atoms with van der Waals surface area (Å²) in [5.74, 6) is -0.586. The molecule has 0 aliphatic carbocycles. The first-order chi connectivity index (χ1) is 14.2. The molecule has 0 bridgehead atoms. The van der Waals surface area contributed by atoms with E-state index in [0.29, 0.717) is 16.6 Å². The van der Waals surface area contributed by atoms with Crippen molar-refractivity contribution in [2.45, 2.75) is 13.1 Å². The molecule has 3 rings (SSSR count). The van der Waals surface area contributed by atoms with Gasteiger partial charge in [-0.1, -0.05) is 6.07 Å². The smallest absolute Gasteiger partial charge is 0.397 e. The molecule has 0 saturated heterocycles. The van der Waals surface area contributed by atoms with Crippen LogP contribution in [0.3, 0.4) is 0 Å². The number of halogens is 3. The third-order valence-electron chi connectivity index (χ3n) is 4.17. The molecule has 2 aromatic heterocycles. The second-order valence-corrected chi connectivity index (χ2v) is 6.36. The molecule has 3 aromatic rings. The number of fused-ring (bicyclic) bond motifs is 1. The van der Waals surface area contributed by atoms with Crippen LogP contribution in [0.2, 0.25) is 0 Å². The Hall–Kier alpha value is -3.95. The summed E-state index contributed by atoms with van der Waals surface area (Å²) in [5, 5.41) is 9.82. The Bertz CT molecular complexity index is 1160. The normalized spacial score (nSPS) is 12.8. The van der Waals surface area contributed by atoms with Crippen molar-refractivity contribution < 1.29 is 18.0 Å². The highest BCUT2D eigenvalue weighted by molar-refractivity contribution is 6.11. The van der Waals surface area contributed by atoms with Crippen LogP contribution < -0.4 is 11.1 Å². The van der Waals surface area contributed by atoms with Crippen LogP contribution >= 0.6 is 0 Å². The van der Waals surface area contributed by atoms with Crippen molar-refractivity contribution in [2.75, 3.05) is 5.32 Å². The first-order valence-electron chi connectivity index (χ1n) is 8.62. The van der Waals surface area contributed by atoms with E-state index < -0.39 is 17.8 Å². The fraction of sp³-hybridized carbons (Fsp3) is 0.100. The maximum atomic E-state index is 12.6. The number of nitrogens with one attached hydrogen (secondary N) is 2. The van der Waals surface area contributed by atoms with E-state index in [1.807, 2.05) is 13.0 Å². The van der Waals surface area contributed by atoms with E-state index in [-0.39, 0.29) is 11.4 Å². The van der Waals surface area contributed by atoms with Crippen molar-refractivity contribution in [1.82, 2.24) is 15.2 Å². The number of aromatic amines is 1. The molecule has 154 valence electrons. The fourth-order valence-corrected chi connectivity index (χ4v) is 2.73. The van der Waals surface area contributed by atoms with Crippen molar-refractivity contribution in [1.29, 1.82) is 0 Å². The number of aliphatic imine (C=N–C) groups is 1. The lowest BCUT2D eigenvalue weighted by atomic mass is 10.0. The Labute approximate surface area is 169 Å². The van der Waals surface area contributed by atoms with Gasteiger partial charge in [-0.3, -0.25) is 14.9 Å². The van der Waals surface area contributed by atoms with Gasteiger partial charge >= 0.3 is 6.18 Å². The summed E-state index contributed by atoms with van der Waals surface area (Å²) in [6, 6.07) is 7.28. The minimum atomic E-state index is -4.55. The van der Waals surface area contributed by atoms with E-state index in [4.69, 9.17) is 5.73 Å². The standard InChI is InChI=1S/C20H17F3N6O/c1-11(7-13(24)9-25-2)12-3-5-16-15(8-12)18(29-28-16)19(30)27-14-4-6-17(26-10-14)20(21,22)23/h3-10H,2,24H2,1H3,(H,27,30)(H,28,29)/b11-7+,13-9+. The fourth-order valence-electron chi connectivity index (χ4n) is 2.73. The molecular weight excluding hydrogens is 397 g/mol. The lowest BCUT2D eigenvalue weighted by Gasteiger charge is -2.07. The van der Waals surface area contributed by atoms with Crippen molar-refractivity contribution >= 4 is 34.8 Å². The number of nitrogens with two attached hydrogens (primary N) is 1. The summed E-state index contributed by atoms with van der Waals surface area (Å²) >= 11 is 0. The Balaban J connectivity index is 1.88. The van der Waals surface area contributed by atoms with E-state index >= 15 is 0 Å². The molecule has 10 heteroatoms. The van der Waals surface area contributed by atoms with E-state index in [2.05, 4.69) is 32.2 Å². The third kappa shape index (κ3) is 4.54. The highest BCUT2D eigenvalue weighted by Gasteiger charge is 2.32. The quantitative estimate of drug-likeness (QED) is 0.431. The summed E-state index contributed by atoms with van der Waals surface area (Å²) in [5.41, 5.74) is 7.65. The Kier molecular flexibility index (Phi) is 5.67. The van der Waals surface area contributed by atoms with Crippen LogP contribution in [0, 0.1) is 0 Å². The van der Waals surface area contributed by atoms with Gasteiger partial charge in [-0.2, -0.15) is 18.3 Å². The zero-order valence-electron chi connectivity index (χ0n) is 15.8. The van der Waals surface area contributed by atoms with Gasteiger partial charge in [0.2, 0.25) is 0 Å². The number of pyridine rings is 1. The second kappa shape index (κ2) is 8.19. The SMILES string of the molecule is C=N/C=C(N)\C=C(/C)c1ccc2[nH]nc(C(=O)Nc3ccc(C(F)(F)F)nc3)c2c1. The highest BCUT2D eigenvalue weighted by Crippen LogP contribution is 2.28. The first-order valence-corrected chi connectivity index (χ1v) is 8.62. The van der Waals surface area contributed by atoms with Crippen molar-refractivity contribution in [2.24, 2.45) is 10.7 Å². The lowest BCUT2D eigenvalue weighted by Crippen LogP contribution is -2.14. The number of H-pyrrole nitrogens is 1. The van der Waals surface area contributed by atoms with Crippen molar-refractivity contribution in [3.05, 3.63) is 71.5 Å². The molecule has 0 aliphatic heterocycles. The van der Waals surface area contributed by atoms with Gasteiger partial charge in [0.25, 0.3) is 5.91 Å². The molecule has 4 N–H and O–H groups in total. The van der Waals surface area contributed by atoms with Gasteiger partial charge < -0.3 is 11.1 Å². The molecule has 7 nitrogen and oxygen atoms in total. The average molecular weight is 414 g/mol. The van der Waals surface area contributed by atoms with Crippen LogP contribution in [-0.4, -0.2) is 27.8 Å². The molecule has 30 heavy (non-hydrogen) atoms. The van der Waals surface area contributed by atoms with Gasteiger partial charge in [0.05, 0.1) is 23.1 Å². The molecule has 1 aromatic carbocycles. The molecule has 0 fully saturated rings. The molecule has 2 heterocycles. The van der Waals surface area contributed by atoms with Crippen molar-refractivity contribution in [3.63, 3.8) is 0 Å². The van der Waals surface area contributed by atoms with Gasteiger partial charge in [0.1, 0.15) is 5.69 Å². The first kappa shape index (κ1) is 20.8. The number of amides is 1. The van der Waals surface area contributed by atoms with Crippen LogP contribution in [-0.2, 0) is 6.18 Å². The predicted octanol–water partition coefficient (Wildman–Crippen LogP) is 4.13. The average Bonchev–Trinajstić information content (AvgIpc) is 3.11. The molecular formula is C20H17F3N6O. The van der Waals surface area contributed by atoms with E-state index in [1.165, 1.54) is 6.20 Å². The number of nitrogens with zero attached hydrogens (tertiary/aromatic N) is 3. The number of rotatable bonds is 5. The number of carbonyl (C=O) groups excluding carboxylic acids is 1. The van der Waals surface area contributed by atoms with Crippen LogP contribution in [0.5, 0.6) is 0 Å². The van der Waals surface area contributed by atoms with Crippen LogP contribution in [0.1, 0.15) is 28.7 Å². The number of hydrogen-bond acceptors (Lipinski definition) is 5. The minimum absolute atomic E-state index is 0.0934. The zero-order valence-corrected chi connectivity index (χ0v) is 15.8. The van der Waals surface area contributed by atoms with Gasteiger partial charge in [-0.05, 0) is 55.1 Å². The number of aromatic nitrogens is 3. The number of carbonyl (C=O) groups is 1. The van der Waals surface area contributed by atoms with Crippen LogP contribution in [0.15, 0.2) is 59.5 Å². The zero-order chi connectivity index (χ0) is 21.9. The number of anilines is 1. The summed E-state index contributed by atoms with van der Waals surface area (Å²) in [6.45, 7) is 5.19. The van der Waals surface area contributed by atoms with Gasteiger partial charge in [0.15, 0.2) is 5.69 Å². The largest absolute Gasteiger partial charge is 0.433 e. The van der Waals surface area contributed by atoms with Crippen LogP contribution in [0.4, 0.5) is 18.9 Å². The minimum Gasteiger partial charge on any atom is -0.397 e. The molecule has 0 atom stereocenters. The molecule has 0 spiro atoms. The highest BCUT2D eigenvalue weighted by atomic mass is 19.4. The van der Waals surface area contributed by atoms with Gasteiger partial charge in [-0.25, -0.2) is 4.98 Å². The molecule has 1 amide bonds. The summed E-state index contributed by atoms with van der Waals surface area (Å²) < 4.78 is 37.9. The Morgan fingerprint density at radius 3 is 2.70 bits per heavy atom. The summed E-state index contributed by atoms with van der Waals surface area (Å²) in [7, 11) is 0. The van der Waals surface area contributed by atoms with Gasteiger partial charge in [-0.15, -0.1) is 0 Å². The van der Waals surface area contributed by atoms with Crippen LogP contribution in [0.25, 0.3) is 16.5 Å². The summed E-state index contributed by atoms with van der Waals surface area (Å²) in [6.07, 6.45) is -0.486. The maximum absolute atomic E-state index is 12.6. The Morgan fingerprint density at radius 2 is 2.07 bits per heavy atom.